The van der Waals surface area contributed by atoms with Crippen LogP contribution >= 0.6 is 11.8 Å². The Labute approximate surface area is 115 Å². The van der Waals surface area contributed by atoms with E-state index in [9.17, 15) is 4.79 Å². The Bertz CT molecular complexity index is 323. The van der Waals surface area contributed by atoms with Crippen LogP contribution in [-0.4, -0.2) is 40.1 Å². The van der Waals surface area contributed by atoms with Gasteiger partial charge in [-0.15, -0.1) is 0 Å². The summed E-state index contributed by atoms with van der Waals surface area (Å²) in [6, 6.07) is 0.444. The smallest absolute Gasteiger partial charge is 0.244 e. The molecule has 1 heterocycles. The number of hydrogen-bond donors (Lipinski definition) is 1. The van der Waals surface area contributed by atoms with E-state index in [4.69, 9.17) is 0 Å². The van der Waals surface area contributed by atoms with E-state index in [1.54, 1.807) is 0 Å². The van der Waals surface area contributed by atoms with E-state index in [2.05, 4.69) is 30.3 Å². The van der Waals surface area contributed by atoms with Crippen LogP contribution in [0.2, 0.25) is 0 Å². The van der Waals surface area contributed by atoms with Gasteiger partial charge in [0.2, 0.25) is 5.91 Å². The first-order chi connectivity index (χ1) is 8.51. The maximum absolute atomic E-state index is 12.6. The number of nitrogens with one attached hydrogen (secondary N) is 1. The highest BCUT2D eigenvalue weighted by molar-refractivity contribution is 7.99. The fourth-order valence-corrected chi connectivity index (χ4v) is 4.19. The fraction of sp³-hybridized carbons (Fsp3) is 0.929. The molecular weight excluding hydrogens is 244 g/mol. The first kappa shape index (κ1) is 14.2. The van der Waals surface area contributed by atoms with E-state index < -0.39 is 0 Å². The average molecular weight is 270 g/mol. The van der Waals surface area contributed by atoms with E-state index in [-0.39, 0.29) is 11.7 Å². The molecular formula is C14H26N2OS. The maximum Gasteiger partial charge on any atom is 0.244 e. The van der Waals surface area contributed by atoms with Crippen molar-refractivity contribution in [2.75, 3.05) is 6.26 Å². The summed E-state index contributed by atoms with van der Waals surface area (Å²) >= 11 is 1.96. The monoisotopic (exact) mass is 270 g/mol. The molecule has 2 fully saturated rings. The molecule has 1 amide bonds. The predicted octanol–water partition coefficient (Wildman–Crippen LogP) is 2.61. The summed E-state index contributed by atoms with van der Waals surface area (Å²) in [6.45, 7) is 6.26. The third-order valence-electron chi connectivity index (χ3n) is 4.68. The van der Waals surface area contributed by atoms with Crippen molar-refractivity contribution in [2.24, 2.45) is 0 Å². The van der Waals surface area contributed by atoms with E-state index in [1.807, 2.05) is 18.7 Å². The molecule has 0 spiro atoms. The number of rotatable bonds is 3. The molecule has 4 unspecified atom stereocenters. The molecule has 104 valence electrons. The first-order valence-electron chi connectivity index (χ1n) is 7.15. The SMILES string of the molecule is CCC1(C)NC(C)N(C2CCCC(SC)C2)C1=O. The fourth-order valence-electron chi connectivity index (χ4n) is 3.38. The molecule has 1 aliphatic heterocycles. The number of carbonyl (C=O) groups is 1. The van der Waals surface area contributed by atoms with Gasteiger partial charge in [-0.3, -0.25) is 10.1 Å². The van der Waals surface area contributed by atoms with Crippen molar-refractivity contribution in [1.29, 1.82) is 0 Å². The molecule has 0 bridgehead atoms. The summed E-state index contributed by atoms with van der Waals surface area (Å²) in [4.78, 5) is 14.8. The molecule has 0 aromatic rings. The van der Waals surface area contributed by atoms with Crippen LogP contribution in [0.25, 0.3) is 0 Å². The molecule has 1 saturated carbocycles. The van der Waals surface area contributed by atoms with Gasteiger partial charge in [0.1, 0.15) is 0 Å². The Morgan fingerprint density at radius 2 is 2.22 bits per heavy atom. The van der Waals surface area contributed by atoms with Crippen LogP contribution in [0.3, 0.4) is 0 Å². The van der Waals surface area contributed by atoms with E-state index in [1.165, 1.54) is 25.7 Å². The molecule has 4 atom stereocenters. The molecule has 0 aromatic carbocycles. The van der Waals surface area contributed by atoms with Gasteiger partial charge >= 0.3 is 0 Å². The summed E-state index contributed by atoms with van der Waals surface area (Å²) in [5, 5.41) is 4.21. The number of carbonyl (C=O) groups excluding carboxylic acids is 1. The second kappa shape index (κ2) is 5.41. The van der Waals surface area contributed by atoms with Crippen LogP contribution < -0.4 is 5.32 Å². The third-order valence-corrected chi connectivity index (χ3v) is 5.78. The zero-order chi connectivity index (χ0) is 13.3. The van der Waals surface area contributed by atoms with Gasteiger partial charge < -0.3 is 4.90 Å². The van der Waals surface area contributed by atoms with Crippen molar-refractivity contribution in [2.45, 2.75) is 75.9 Å². The number of hydrogen-bond acceptors (Lipinski definition) is 3. The third kappa shape index (κ3) is 2.42. The molecule has 1 aliphatic carbocycles. The Kier molecular flexibility index (Phi) is 4.27. The second-order valence-corrected chi connectivity index (χ2v) is 7.03. The van der Waals surface area contributed by atoms with Crippen molar-refractivity contribution in [3.63, 3.8) is 0 Å². The zero-order valence-electron chi connectivity index (χ0n) is 12.0. The highest BCUT2D eigenvalue weighted by Crippen LogP contribution is 2.34. The summed E-state index contributed by atoms with van der Waals surface area (Å²) < 4.78 is 0. The Morgan fingerprint density at radius 3 is 2.78 bits per heavy atom. The van der Waals surface area contributed by atoms with Gasteiger partial charge in [0, 0.05) is 11.3 Å². The van der Waals surface area contributed by atoms with Crippen LogP contribution in [0.1, 0.15) is 52.9 Å². The maximum atomic E-state index is 12.6. The lowest BCUT2D eigenvalue weighted by Gasteiger charge is -2.37. The minimum atomic E-state index is -0.342. The summed E-state index contributed by atoms with van der Waals surface area (Å²) in [5.74, 6) is 0.309. The van der Waals surface area contributed by atoms with Gasteiger partial charge in [-0.1, -0.05) is 13.3 Å². The van der Waals surface area contributed by atoms with Crippen molar-refractivity contribution in [1.82, 2.24) is 10.2 Å². The highest BCUT2D eigenvalue weighted by atomic mass is 32.2. The molecule has 4 heteroatoms. The molecule has 1 N–H and O–H groups in total. The molecule has 2 aliphatic rings. The van der Waals surface area contributed by atoms with Crippen LogP contribution in [0.4, 0.5) is 0 Å². The normalized spacial score (nSPS) is 41.4. The van der Waals surface area contributed by atoms with Crippen LogP contribution in [0, 0.1) is 0 Å². The summed E-state index contributed by atoms with van der Waals surface area (Å²) in [6.07, 6.45) is 8.16. The number of nitrogens with zero attached hydrogens (tertiary/aromatic N) is 1. The molecule has 0 radical (unpaired) electrons. The van der Waals surface area contributed by atoms with Gasteiger partial charge in [0.05, 0.1) is 11.7 Å². The van der Waals surface area contributed by atoms with Crippen molar-refractivity contribution >= 4 is 17.7 Å². The number of amides is 1. The topological polar surface area (TPSA) is 32.3 Å². The van der Waals surface area contributed by atoms with E-state index >= 15 is 0 Å². The van der Waals surface area contributed by atoms with Gasteiger partial charge in [-0.05, 0) is 45.8 Å². The summed E-state index contributed by atoms with van der Waals surface area (Å²) in [7, 11) is 0. The van der Waals surface area contributed by atoms with Crippen molar-refractivity contribution in [3.8, 4) is 0 Å². The number of thioether (sulfide) groups is 1. The van der Waals surface area contributed by atoms with Gasteiger partial charge in [-0.25, -0.2) is 0 Å². The zero-order valence-corrected chi connectivity index (χ0v) is 12.8. The quantitative estimate of drug-likeness (QED) is 0.855. The van der Waals surface area contributed by atoms with Crippen LogP contribution in [0.5, 0.6) is 0 Å². The van der Waals surface area contributed by atoms with E-state index in [0.717, 1.165) is 11.7 Å². The standard InChI is InChI=1S/C14H26N2OS/c1-5-14(3)13(17)16(10(2)15-14)11-7-6-8-12(9-11)18-4/h10-12,15H,5-9H2,1-4H3. The Hall–Kier alpha value is -0.220. The lowest BCUT2D eigenvalue weighted by Crippen LogP contribution is -2.46. The Balaban J connectivity index is 2.10. The molecule has 0 aromatic heterocycles. The van der Waals surface area contributed by atoms with Crippen molar-refractivity contribution < 1.29 is 4.79 Å². The lowest BCUT2D eigenvalue weighted by molar-refractivity contribution is -0.135. The predicted molar refractivity (Wildman–Crippen MR) is 77.7 cm³/mol. The molecule has 1 saturated heterocycles. The minimum Gasteiger partial charge on any atom is -0.323 e. The second-order valence-electron chi connectivity index (χ2n) is 5.90. The lowest BCUT2D eigenvalue weighted by atomic mass is 9.92. The minimum absolute atomic E-state index is 0.188. The first-order valence-corrected chi connectivity index (χ1v) is 8.44. The van der Waals surface area contributed by atoms with Crippen molar-refractivity contribution in [3.05, 3.63) is 0 Å². The van der Waals surface area contributed by atoms with Gasteiger partial charge in [0.25, 0.3) is 0 Å². The van der Waals surface area contributed by atoms with Crippen LogP contribution in [0.15, 0.2) is 0 Å². The van der Waals surface area contributed by atoms with Gasteiger partial charge in [0.15, 0.2) is 0 Å². The largest absolute Gasteiger partial charge is 0.323 e. The molecule has 3 nitrogen and oxygen atoms in total. The molecule has 18 heavy (non-hydrogen) atoms. The van der Waals surface area contributed by atoms with Crippen LogP contribution in [-0.2, 0) is 4.79 Å². The summed E-state index contributed by atoms with van der Waals surface area (Å²) in [5.41, 5.74) is -0.342. The highest BCUT2D eigenvalue weighted by Gasteiger charge is 2.47. The van der Waals surface area contributed by atoms with Gasteiger partial charge in [-0.2, -0.15) is 11.8 Å². The van der Waals surface area contributed by atoms with E-state index in [0.29, 0.717) is 11.9 Å². The Morgan fingerprint density at radius 1 is 1.50 bits per heavy atom. The molecule has 2 rings (SSSR count). The average Bonchev–Trinajstić information content (AvgIpc) is 2.61.